The highest BCUT2D eigenvalue weighted by atomic mass is 16.6. The number of non-ortho nitro benzene ring substituents is 1. The molecule has 162 valence electrons. The third-order valence-corrected chi connectivity index (χ3v) is 4.13. The van der Waals surface area contributed by atoms with Gasteiger partial charge in [-0.1, -0.05) is 24.3 Å². The molecule has 0 aliphatic rings. The molecule has 0 spiro atoms. The van der Waals surface area contributed by atoms with Crippen LogP contribution in [0.3, 0.4) is 0 Å². The van der Waals surface area contributed by atoms with Gasteiger partial charge >= 0.3 is 11.9 Å². The standard InChI is InChI=1S/C18H18N4O3.C2H2O4/c1-21-17(14-4-3-5-15(10-14)22(23)24)12-20-18(21)19-11-13-6-8-16(25-2)9-7-13;3-1(4)2(5)6/h3-10,12H,11H2,1-2H3,(H,19,20);(H,3,4)(H,5,6). The number of ether oxygens (including phenoxy) is 1. The van der Waals surface area contributed by atoms with E-state index in [0.717, 1.165) is 22.6 Å². The molecule has 3 N–H and O–H groups in total. The van der Waals surface area contributed by atoms with Crippen LogP contribution in [0.25, 0.3) is 11.3 Å². The lowest BCUT2D eigenvalue weighted by atomic mass is 10.1. The number of carboxylic acid groups (broad SMARTS) is 2. The van der Waals surface area contributed by atoms with E-state index in [9.17, 15) is 10.1 Å². The fourth-order valence-electron chi connectivity index (χ4n) is 2.55. The summed E-state index contributed by atoms with van der Waals surface area (Å²) in [4.78, 5) is 33.1. The Morgan fingerprint density at radius 3 is 2.35 bits per heavy atom. The lowest BCUT2D eigenvalue weighted by Gasteiger charge is -2.09. The molecule has 1 heterocycles. The van der Waals surface area contributed by atoms with Crippen molar-refractivity contribution in [2.75, 3.05) is 12.4 Å². The van der Waals surface area contributed by atoms with Gasteiger partial charge in [0.2, 0.25) is 5.95 Å². The molecular weight excluding hydrogens is 408 g/mol. The smallest absolute Gasteiger partial charge is 0.414 e. The number of aromatic nitrogens is 2. The van der Waals surface area contributed by atoms with Gasteiger partial charge in [-0.3, -0.25) is 10.1 Å². The van der Waals surface area contributed by atoms with Crippen LogP contribution in [0.2, 0.25) is 0 Å². The fourth-order valence-corrected chi connectivity index (χ4v) is 2.55. The maximum absolute atomic E-state index is 10.9. The molecule has 3 rings (SSSR count). The molecule has 11 heteroatoms. The van der Waals surface area contributed by atoms with Crippen molar-refractivity contribution < 1.29 is 29.5 Å². The number of nitrogens with zero attached hydrogens (tertiary/aromatic N) is 3. The van der Waals surface area contributed by atoms with Crippen molar-refractivity contribution in [2.24, 2.45) is 7.05 Å². The zero-order valence-corrected chi connectivity index (χ0v) is 16.7. The summed E-state index contributed by atoms with van der Waals surface area (Å²) in [6, 6.07) is 14.3. The predicted molar refractivity (Wildman–Crippen MR) is 111 cm³/mol. The van der Waals surface area contributed by atoms with Gasteiger partial charge in [-0.2, -0.15) is 0 Å². The zero-order valence-electron chi connectivity index (χ0n) is 16.7. The van der Waals surface area contributed by atoms with E-state index < -0.39 is 16.9 Å². The first-order chi connectivity index (χ1) is 14.7. The number of nitro benzene ring substituents is 1. The van der Waals surface area contributed by atoms with Crippen LogP contribution >= 0.6 is 0 Å². The number of imidazole rings is 1. The Kier molecular flexibility index (Phi) is 7.67. The first-order valence-electron chi connectivity index (χ1n) is 8.82. The number of anilines is 1. The fraction of sp³-hybridized carbons (Fsp3) is 0.150. The Balaban J connectivity index is 0.000000501. The van der Waals surface area contributed by atoms with Gasteiger partial charge in [-0.25, -0.2) is 14.6 Å². The second-order valence-corrected chi connectivity index (χ2v) is 6.15. The number of benzene rings is 2. The second-order valence-electron chi connectivity index (χ2n) is 6.15. The molecular formula is C20H20N4O7. The molecule has 11 nitrogen and oxygen atoms in total. The van der Waals surface area contributed by atoms with E-state index >= 15 is 0 Å². The van der Waals surface area contributed by atoms with Crippen molar-refractivity contribution in [3.63, 3.8) is 0 Å². The van der Waals surface area contributed by atoms with Crippen LogP contribution in [0.5, 0.6) is 5.75 Å². The van der Waals surface area contributed by atoms with Crippen molar-refractivity contribution in [2.45, 2.75) is 6.54 Å². The molecule has 2 aromatic carbocycles. The number of methoxy groups -OCH3 is 1. The van der Waals surface area contributed by atoms with E-state index in [4.69, 9.17) is 24.5 Å². The molecule has 31 heavy (non-hydrogen) atoms. The SMILES string of the molecule is COc1ccc(CNc2ncc(-c3cccc([N+](=O)[O-])c3)n2C)cc1.O=C(O)C(=O)O. The number of rotatable bonds is 6. The van der Waals surface area contributed by atoms with E-state index in [2.05, 4.69) is 10.3 Å². The van der Waals surface area contributed by atoms with Crippen LogP contribution in [0.15, 0.2) is 54.7 Å². The van der Waals surface area contributed by atoms with Crippen LogP contribution in [0.4, 0.5) is 11.6 Å². The molecule has 1 aromatic heterocycles. The molecule has 0 amide bonds. The van der Waals surface area contributed by atoms with Crippen LogP contribution < -0.4 is 10.1 Å². The molecule has 0 bridgehead atoms. The summed E-state index contributed by atoms with van der Waals surface area (Å²) < 4.78 is 7.02. The number of aliphatic carboxylic acids is 2. The minimum atomic E-state index is -1.82. The summed E-state index contributed by atoms with van der Waals surface area (Å²) in [6.45, 7) is 0.614. The van der Waals surface area contributed by atoms with Gasteiger partial charge in [0.25, 0.3) is 5.69 Å². The summed E-state index contributed by atoms with van der Waals surface area (Å²) in [7, 11) is 3.51. The highest BCUT2D eigenvalue weighted by molar-refractivity contribution is 6.27. The van der Waals surface area contributed by atoms with Gasteiger partial charge in [0.15, 0.2) is 0 Å². The van der Waals surface area contributed by atoms with Gasteiger partial charge < -0.3 is 24.8 Å². The molecule has 0 aliphatic carbocycles. The monoisotopic (exact) mass is 428 g/mol. The average molecular weight is 428 g/mol. The quantitative estimate of drug-likeness (QED) is 0.305. The van der Waals surface area contributed by atoms with Gasteiger partial charge in [-0.05, 0) is 17.7 Å². The maximum Gasteiger partial charge on any atom is 0.414 e. The number of carboxylic acids is 2. The number of carbonyl (C=O) groups is 2. The largest absolute Gasteiger partial charge is 0.497 e. The second kappa shape index (κ2) is 10.4. The Morgan fingerprint density at radius 1 is 1.16 bits per heavy atom. The molecule has 3 aromatic rings. The minimum Gasteiger partial charge on any atom is -0.497 e. The van der Waals surface area contributed by atoms with E-state index in [0.29, 0.717) is 12.5 Å². The molecule has 0 unspecified atom stereocenters. The van der Waals surface area contributed by atoms with Crippen molar-refractivity contribution >= 4 is 23.6 Å². The average Bonchev–Trinajstić information content (AvgIpc) is 3.13. The lowest BCUT2D eigenvalue weighted by molar-refractivity contribution is -0.384. The normalized spacial score (nSPS) is 9.87. The van der Waals surface area contributed by atoms with Crippen LogP contribution in [-0.2, 0) is 23.2 Å². The van der Waals surface area contributed by atoms with Crippen LogP contribution in [-0.4, -0.2) is 43.7 Å². The topological polar surface area (TPSA) is 157 Å². The molecule has 0 fully saturated rings. The first-order valence-corrected chi connectivity index (χ1v) is 8.82. The molecule has 0 saturated heterocycles. The van der Waals surface area contributed by atoms with Crippen LogP contribution in [0, 0.1) is 10.1 Å². The van der Waals surface area contributed by atoms with Crippen molar-refractivity contribution in [1.82, 2.24) is 9.55 Å². The predicted octanol–water partition coefficient (Wildman–Crippen LogP) is 2.77. The number of nitro groups is 1. The molecule has 0 saturated carbocycles. The Labute approximate surface area is 176 Å². The Hall–Kier alpha value is -4.41. The van der Waals surface area contributed by atoms with E-state index in [1.54, 1.807) is 25.4 Å². The van der Waals surface area contributed by atoms with E-state index in [1.807, 2.05) is 41.9 Å². The zero-order chi connectivity index (χ0) is 23.0. The maximum atomic E-state index is 10.9. The summed E-state index contributed by atoms with van der Waals surface area (Å²) in [5, 5.41) is 29.0. The van der Waals surface area contributed by atoms with Gasteiger partial charge in [0.05, 0.1) is 23.9 Å². The Bertz CT molecular complexity index is 1070. The summed E-state index contributed by atoms with van der Waals surface area (Å²) >= 11 is 0. The molecule has 0 radical (unpaired) electrons. The summed E-state index contributed by atoms with van der Waals surface area (Å²) in [5.74, 6) is -2.14. The van der Waals surface area contributed by atoms with Crippen LogP contribution in [0.1, 0.15) is 5.56 Å². The van der Waals surface area contributed by atoms with Gasteiger partial charge in [0.1, 0.15) is 5.75 Å². The highest BCUT2D eigenvalue weighted by Gasteiger charge is 2.12. The number of hydrogen-bond acceptors (Lipinski definition) is 7. The van der Waals surface area contributed by atoms with Crippen molar-refractivity contribution in [1.29, 1.82) is 0 Å². The van der Waals surface area contributed by atoms with E-state index in [-0.39, 0.29) is 5.69 Å². The minimum absolute atomic E-state index is 0.0615. The Morgan fingerprint density at radius 2 is 1.81 bits per heavy atom. The van der Waals surface area contributed by atoms with E-state index in [1.165, 1.54) is 6.07 Å². The summed E-state index contributed by atoms with van der Waals surface area (Å²) in [6.07, 6.45) is 1.70. The molecule has 0 aliphatic heterocycles. The number of nitrogens with one attached hydrogen (secondary N) is 1. The van der Waals surface area contributed by atoms with Crippen molar-refractivity contribution in [3.05, 3.63) is 70.4 Å². The third kappa shape index (κ3) is 6.29. The van der Waals surface area contributed by atoms with Crippen molar-refractivity contribution in [3.8, 4) is 17.0 Å². The molecule has 0 atom stereocenters. The van der Waals surface area contributed by atoms with Gasteiger partial charge in [0, 0.05) is 31.3 Å². The number of hydrogen-bond donors (Lipinski definition) is 3. The third-order valence-electron chi connectivity index (χ3n) is 4.13. The lowest BCUT2D eigenvalue weighted by Crippen LogP contribution is -2.09. The first kappa shape index (κ1) is 22.9. The highest BCUT2D eigenvalue weighted by Crippen LogP contribution is 2.25. The van der Waals surface area contributed by atoms with Gasteiger partial charge in [-0.15, -0.1) is 0 Å². The summed E-state index contributed by atoms with van der Waals surface area (Å²) in [5.41, 5.74) is 2.72.